The molecule has 3 fully saturated rings. The standard InChI is InChI=1S/C34H51NO/c1-21(2)9-7-10-22(3)26-15-16-27-24-14-13-23-19-25-30(35-29-11-8-12-31(36-6)32(25)29)20-34(23,5)28(24)17-18-33(26,27)4/h8,11-12,21-24,26-28,35H,7,9-10,13-20H2,1-6H3. The van der Waals surface area contributed by atoms with Gasteiger partial charge in [0.25, 0.3) is 0 Å². The van der Waals surface area contributed by atoms with Crippen molar-refractivity contribution in [2.45, 2.75) is 105 Å². The van der Waals surface area contributed by atoms with E-state index in [2.05, 4.69) is 57.8 Å². The molecule has 1 aromatic carbocycles. The molecule has 0 aliphatic heterocycles. The van der Waals surface area contributed by atoms with Crippen LogP contribution in [0.4, 0.5) is 0 Å². The van der Waals surface area contributed by atoms with Gasteiger partial charge in [0.05, 0.1) is 7.11 Å². The topological polar surface area (TPSA) is 25.0 Å². The van der Waals surface area contributed by atoms with Crippen molar-refractivity contribution in [1.82, 2.24) is 4.98 Å². The molecule has 0 saturated heterocycles. The zero-order valence-corrected chi connectivity index (χ0v) is 24.0. The minimum Gasteiger partial charge on any atom is -0.496 e. The molecule has 1 N–H and O–H groups in total. The SMILES string of the molecule is COc1cccc2[nH]c3c(c12)CC1CCC2C(CCC4(C)C(C(C)CCCC(C)C)CCC24)C1(C)C3. The molecule has 198 valence electrons. The molecule has 2 aromatic rings. The van der Waals surface area contributed by atoms with Crippen molar-refractivity contribution in [3.05, 3.63) is 29.5 Å². The zero-order valence-electron chi connectivity index (χ0n) is 24.0. The number of methoxy groups -OCH3 is 1. The number of ether oxygens (including phenoxy) is 1. The Morgan fingerprint density at radius 3 is 2.56 bits per heavy atom. The highest BCUT2D eigenvalue weighted by molar-refractivity contribution is 5.91. The van der Waals surface area contributed by atoms with Gasteiger partial charge in [0, 0.05) is 16.6 Å². The molecule has 0 bridgehead atoms. The van der Waals surface area contributed by atoms with Crippen LogP contribution in [0.15, 0.2) is 18.2 Å². The summed E-state index contributed by atoms with van der Waals surface area (Å²) in [7, 11) is 1.82. The molecule has 1 heterocycles. The van der Waals surface area contributed by atoms with E-state index < -0.39 is 0 Å². The lowest BCUT2D eigenvalue weighted by Crippen LogP contribution is -2.54. The minimum absolute atomic E-state index is 0.451. The van der Waals surface area contributed by atoms with E-state index in [-0.39, 0.29) is 0 Å². The molecule has 8 unspecified atom stereocenters. The van der Waals surface area contributed by atoms with Crippen molar-refractivity contribution in [3.8, 4) is 5.75 Å². The first-order valence-corrected chi connectivity index (χ1v) is 15.4. The van der Waals surface area contributed by atoms with Crippen LogP contribution < -0.4 is 4.74 Å². The first-order valence-electron chi connectivity index (χ1n) is 15.4. The Hall–Kier alpha value is -1.44. The van der Waals surface area contributed by atoms with E-state index in [0.29, 0.717) is 10.8 Å². The van der Waals surface area contributed by atoms with Crippen LogP contribution in [0.5, 0.6) is 5.75 Å². The Morgan fingerprint density at radius 2 is 1.78 bits per heavy atom. The third-order valence-corrected chi connectivity index (χ3v) is 12.5. The molecule has 0 amide bonds. The molecule has 6 rings (SSSR count). The Morgan fingerprint density at radius 1 is 0.972 bits per heavy atom. The van der Waals surface area contributed by atoms with Gasteiger partial charge in [-0.15, -0.1) is 0 Å². The lowest BCUT2D eigenvalue weighted by atomic mass is 9.44. The number of hydrogen-bond donors (Lipinski definition) is 1. The molecule has 2 nitrogen and oxygen atoms in total. The van der Waals surface area contributed by atoms with Gasteiger partial charge in [-0.2, -0.15) is 0 Å². The maximum absolute atomic E-state index is 5.80. The van der Waals surface area contributed by atoms with E-state index in [1.807, 2.05) is 7.11 Å². The highest BCUT2D eigenvalue weighted by Crippen LogP contribution is 2.68. The van der Waals surface area contributed by atoms with Crippen molar-refractivity contribution < 1.29 is 4.74 Å². The molecular weight excluding hydrogens is 438 g/mol. The van der Waals surface area contributed by atoms with E-state index >= 15 is 0 Å². The molecule has 3 saturated carbocycles. The number of nitrogens with one attached hydrogen (secondary N) is 1. The van der Waals surface area contributed by atoms with E-state index in [1.165, 1.54) is 87.2 Å². The van der Waals surface area contributed by atoms with Gasteiger partial charge < -0.3 is 9.72 Å². The molecule has 8 atom stereocenters. The number of H-pyrrole nitrogens is 1. The fourth-order valence-electron chi connectivity index (χ4n) is 10.7. The molecule has 36 heavy (non-hydrogen) atoms. The average molecular weight is 490 g/mol. The molecule has 2 heteroatoms. The highest BCUT2D eigenvalue weighted by Gasteiger charge is 2.60. The van der Waals surface area contributed by atoms with Gasteiger partial charge in [0.2, 0.25) is 0 Å². The second-order valence-electron chi connectivity index (χ2n) is 14.5. The third kappa shape index (κ3) is 3.70. The van der Waals surface area contributed by atoms with Crippen molar-refractivity contribution in [2.24, 2.45) is 52.3 Å². The van der Waals surface area contributed by atoms with Crippen molar-refractivity contribution in [2.75, 3.05) is 7.11 Å². The molecule has 0 spiro atoms. The molecule has 4 aliphatic rings. The fourth-order valence-corrected chi connectivity index (χ4v) is 10.7. The molecule has 0 radical (unpaired) electrons. The van der Waals surface area contributed by atoms with Gasteiger partial charge >= 0.3 is 0 Å². The average Bonchev–Trinajstić information content (AvgIpc) is 3.38. The number of fused-ring (bicyclic) bond motifs is 8. The highest BCUT2D eigenvalue weighted by atomic mass is 16.5. The summed E-state index contributed by atoms with van der Waals surface area (Å²) < 4.78 is 5.80. The predicted octanol–water partition coefficient (Wildman–Crippen LogP) is 9.21. The zero-order chi connectivity index (χ0) is 25.2. The van der Waals surface area contributed by atoms with Crippen molar-refractivity contribution >= 4 is 10.9 Å². The molecular formula is C34H51NO. The number of aromatic amines is 1. The van der Waals surface area contributed by atoms with Crippen LogP contribution in [0.3, 0.4) is 0 Å². The van der Waals surface area contributed by atoms with Crippen LogP contribution in [-0.4, -0.2) is 12.1 Å². The van der Waals surface area contributed by atoms with E-state index in [1.54, 1.807) is 5.56 Å². The Kier molecular flexibility index (Phi) is 6.28. The number of rotatable bonds is 6. The number of benzene rings is 1. The maximum atomic E-state index is 5.80. The normalized spacial score (nSPS) is 38.4. The number of aromatic nitrogens is 1. The minimum atomic E-state index is 0.451. The van der Waals surface area contributed by atoms with Gasteiger partial charge in [-0.05, 0) is 121 Å². The van der Waals surface area contributed by atoms with Crippen LogP contribution in [-0.2, 0) is 12.8 Å². The summed E-state index contributed by atoms with van der Waals surface area (Å²) in [4.78, 5) is 3.87. The second kappa shape index (κ2) is 9.09. The summed E-state index contributed by atoms with van der Waals surface area (Å²) in [6, 6.07) is 6.53. The Bertz CT molecular complexity index is 1100. The fraction of sp³-hybridized carbons (Fsp3) is 0.765. The van der Waals surface area contributed by atoms with Gasteiger partial charge in [-0.1, -0.05) is 59.9 Å². The van der Waals surface area contributed by atoms with Gasteiger partial charge in [0.1, 0.15) is 5.75 Å². The molecule has 1 aromatic heterocycles. The predicted molar refractivity (Wildman–Crippen MR) is 151 cm³/mol. The van der Waals surface area contributed by atoms with Crippen LogP contribution >= 0.6 is 0 Å². The Balaban J connectivity index is 1.24. The summed E-state index contributed by atoms with van der Waals surface area (Å²) in [5.41, 5.74) is 5.41. The quantitative estimate of drug-likeness (QED) is 0.430. The van der Waals surface area contributed by atoms with Crippen molar-refractivity contribution in [3.63, 3.8) is 0 Å². The molecule has 4 aliphatic carbocycles. The van der Waals surface area contributed by atoms with Crippen molar-refractivity contribution in [1.29, 1.82) is 0 Å². The summed E-state index contributed by atoms with van der Waals surface area (Å²) in [6.45, 7) is 12.8. The first kappa shape index (κ1) is 24.9. The van der Waals surface area contributed by atoms with E-state index in [9.17, 15) is 0 Å². The summed E-state index contributed by atoms with van der Waals surface area (Å²) in [6.07, 6.45) is 15.6. The summed E-state index contributed by atoms with van der Waals surface area (Å²) in [5.74, 6) is 7.42. The lowest BCUT2D eigenvalue weighted by Gasteiger charge is -2.60. The van der Waals surface area contributed by atoms with Gasteiger partial charge in [-0.25, -0.2) is 0 Å². The van der Waals surface area contributed by atoms with Crippen LogP contribution in [0.1, 0.15) is 104 Å². The van der Waals surface area contributed by atoms with E-state index in [0.717, 1.165) is 47.2 Å². The lowest BCUT2D eigenvalue weighted by molar-refractivity contribution is -0.103. The number of hydrogen-bond acceptors (Lipinski definition) is 1. The largest absolute Gasteiger partial charge is 0.496 e. The van der Waals surface area contributed by atoms with Gasteiger partial charge in [-0.3, -0.25) is 0 Å². The van der Waals surface area contributed by atoms with Gasteiger partial charge in [0.15, 0.2) is 0 Å². The van der Waals surface area contributed by atoms with Crippen LogP contribution in [0, 0.1) is 52.3 Å². The smallest absolute Gasteiger partial charge is 0.128 e. The van der Waals surface area contributed by atoms with Crippen LogP contribution in [0.2, 0.25) is 0 Å². The summed E-state index contributed by atoms with van der Waals surface area (Å²) >= 11 is 0. The second-order valence-corrected chi connectivity index (χ2v) is 14.5. The van der Waals surface area contributed by atoms with E-state index in [4.69, 9.17) is 4.74 Å². The maximum Gasteiger partial charge on any atom is 0.128 e. The monoisotopic (exact) mass is 489 g/mol. The third-order valence-electron chi connectivity index (χ3n) is 12.5. The Labute approximate surface area is 220 Å². The van der Waals surface area contributed by atoms with Crippen LogP contribution in [0.25, 0.3) is 10.9 Å². The first-order chi connectivity index (χ1) is 17.3. The summed E-state index contributed by atoms with van der Waals surface area (Å²) in [5, 5.41) is 1.36.